The Kier molecular flexibility index (Phi) is 1.68. The molecule has 1 rings (SSSR count). The third-order valence-corrected chi connectivity index (χ3v) is 1.36. The summed E-state index contributed by atoms with van der Waals surface area (Å²) >= 11 is 0. The third kappa shape index (κ3) is 1.20. The average molecular weight is 132 g/mol. The molecule has 9 heavy (non-hydrogen) atoms. The maximum absolute atomic E-state index is 10.0. The van der Waals surface area contributed by atoms with Gasteiger partial charge in [0.25, 0.3) is 0 Å². The number of carbonyl (C=O) groups is 1. The molecule has 0 radical (unpaired) electrons. The molecule has 1 heterocycles. The number of carboxylic acids is 1. The zero-order valence-electron chi connectivity index (χ0n) is 4.78. The van der Waals surface area contributed by atoms with E-state index in [1.807, 2.05) is 0 Å². The number of aliphatic hydroxyl groups is 1. The van der Waals surface area contributed by atoms with Crippen LogP contribution in [0.2, 0.25) is 0 Å². The molecule has 1 aliphatic heterocycles. The van der Waals surface area contributed by atoms with E-state index in [9.17, 15) is 4.79 Å². The van der Waals surface area contributed by atoms with Gasteiger partial charge in [0.1, 0.15) is 0 Å². The quantitative estimate of drug-likeness (QED) is 0.509. The van der Waals surface area contributed by atoms with E-state index < -0.39 is 12.1 Å². The minimum atomic E-state index is -1.24. The fraction of sp³-hybridized carbons (Fsp3) is 0.800. The van der Waals surface area contributed by atoms with Crippen molar-refractivity contribution in [1.29, 1.82) is 0 Å². The van der Waals surface area contributed by atoms with Gasteiger partial charge in [-0.25, -0.2) is 4.79 Å². The molecule has 1 atom stereocenters. The topological polar surface area (TPSA) is 66.8 Å². The lowest BCUT2D eigenvalue weighted by Crippen LogP contribution is -2.42. The molecule has 1 unspecified atom stereocenters. The van der Waals surface area contributed by atoms with Crippen LogP contribution in [0.3, 0.4) is 0 Å². The highest BCUT2D eigenvalue weighted by molar-refractivity contribution is 5.72. The van der Waals surface area contributed by atoms with Crippen LogP contribution in [0.15, 0.2) is 0 Å². The van der Waals surface area contributed by atoms with Gasteiger partial charge in [-0.15, -0.1) is 0 Å². The van der Waals surface area contributed by atoms with Crippen LogP contribution in [0, 0.1) is 5.92 Å². The van der Waals surface area contributed by atoms with Crippen molar-refractivity contribution in [3.05, 3.63) is 0 Å². The van der Waals surface area contributed by atoms with Gasteiger partial charge in [-0.1, -0.05) is 0 Å². The summed E-state index contributed by atoms with van der Waals surface area (Å²) in [5, 5.41) is 17.0. The molecule has 1 aliphatic rings. The number of aliphatic carboxylic acids is 1. The van der Waals surface area contributed by atoms with Crippen LogP contribution < -0.4 is 0 Å². The van der Waals surface area contributed by atoms with E-state index in [2.05, 4.69) is 4.74 Å². The van der Waals surface area contributed by atoms with E-state index in [0.717, 1.165) is 0 Å². The lowest BCUT2D eigenvalue weighted by atomic mass is 10.0. The largest absolute Gasteiger partial charge is 0.479 e. The Hall–Kier alpha value is -0.610. The highest BCUT2D eigenvalue weighted by atomic mass is 16.5. The maximum atomic E-state index is 10.0. The maximum Gasteiger partial charge on any atom is 0.332 e. The SMILES string of the molecule is O=C(O)C(O)C1COC1. The second-order valence-corrected chi connectivity index (χ2v) is 2.08. The lowest BCUT2D eigenvalue weighted by Gasteiger charge is -2.27. The molecule has 4 nitrogen and oxygen atoms in total. The van der Waals surface area contributed by atoms with Crippen LogP contribution in [0.4, 0.5) is 0 Å². The minimum Gasteiger partial charge on any atom is -0.479 e. The normalized spacial score (nSPS) is 22.8. The van der Waals surface area contributed by atoms with E-state index >= 15 is 0 Å². The molecule has 0 aromatic rings. The molecular weight excluding hydrogens is 124 g/mol. The smallest absolute Gasteiger partial charge is 0.332 e. The fourth-order valence-electron chi connectivity index (χ4n) is 0.638. The van der Waals surface area contributed by atoms with Gasteiger partial charge in [0, 0.05) is 5.92 Å². The molecule has 52 valence electrons. The van der Waals surface area contributed by atoms with Crippen molar-refractivity contribution in [2.75, 3.05) is 13.2 Å². The van der Waals surface area contributed by atoms with Gasteiger partial charge < -0.3 is 14.9 Å². The van der Waals surface area contributed by atoms with Gasteiger partial charge in [0.15, 0.2) is 6.10 Å². The first kappa shape index (κ1) is 6.51. The molecule has 0 aromatic heterocycles. The molecule has 0 spiro atoms. The van der Waals surface area contributed by atoms with Gasteiger partial charge in [0.05, 0.1) is 13.2 Å². The van der Waals surface area contributed by atoms with Crippen molar-refractivity contribution >= 4 is 5.97 Å². The van der Waals surface area contributed by atoms with Crippen LogP contribution in [-0.2, 0) is 9.53 Å². The Balaban J connectivity index is 2.32. The predicted octanol–water partition coefficient (Wildman–Crippen LogP) is -0.922. The molecule has 1 saturated heterocycles. The fourth-order valence-corrected chi connectivity index (χ4v) is 0.638. The summed E-state index contributed by atoms with van der Waals surface area (Å²) in [6, 6.07) is 0. The van der Waals surface area contributed by atoms with Crippen LogP contribution in [0.1, 0.15) is 0 Å². The molecule has 0 aliphatic carbocycles. The van der Waals surface area contributed by atoms with E-state index in [-0.39, 0.29) is 5.92 Å². The number of aliphatic hydroxyl groups excluding tert-OH is 1. The number of hydrogen-bond donors (Lipinski definition) is 2. The van der Waals surface area contributed by atoms with Gasteiger partial charge in [-0.05, 0) is 0 Å². The van der Waals surface area contributed by atoms with Crippen molar-refractivity contribution in [2.24, 2.45) is 5.92 Å². The van der Waals surface area contributed by atoms with E-state index in [1.165, 1.54) is 0 Å². The number of carboxylic acid groups (broad SMARTS) is 1. The Labute approximate surface area is 52.1 Å². The second-order valence-electron chi connectivity index (χ2n) is 2.08. The first-order valence-electron chi connectivity index (χ1n) is 2.70. The molecule has 0 bridgehead atoms. The summed E-state index contributed by atoms with van der Waals surface area (Å²) in [4.78, 5) is 10.0. The van der Waals surface area contributed by atoms with Gasteiger partial charge >= 0.3 is 5.97 Å². The Morgan fingerprint density at radius 2 is 2.22 bits per heavy atom. The molecule has 0 aromatic carbocycles. The van der Waals surface area contributed by atoms with Crippen LogP contribution >= 0.6 is 0 Å². The number of hydrogen-bond acceptors (Lipinski definition) is 3. The summed E-state index contributed by atoms with van der Waals surface area (Å²) in [5.74, 6) is -1.36. The van der Waals surface area contributed by atoms with Crippen molar-refractivity contribution in [2.45, 2.75) is 6.10 Å². The first-order chi connectivity index (χ1) is 4.22. The summed E-state index contributed by atoms with van der Waals surface area (Å²) in [6.45, 7) is 0.737. The molecule has 2 N–H and O–H groups in total. The van der Waals surface area contributed by atoms with Gasteiger partial charge in [-0.3, -0.25) is 0 Å². The average Bonchev–Trinajstić information content (AvgIpc) is 1.60. The standard InChI is InChI=1S/C5H8O4/c6-4(5(7)8)3-1-9-2-3/h3-4,6H,1-2H2,(H,7,8). The first-order valence-corrected chi connectivity index (χ1v) is 2.70. The van der Waals surface area contributed by atoms with Gasteiger partial charge in [-0.2, -0.15) is 0 Å². The second kappa shape index (κ2) is 2.33. The molecule has 0 saturated carbocycles. The summed E-state index contributed by atoms with van der Waals surface area (Å²) in [6.07, 6.45) is -1.24. The molecule has 1 fully saturated rings. The summed E-state index contributed by atoms with van der Waals surface area (Å²) in [7, 11) is 0. The van der Waals surface area contributed by atoms with Crippen LogP contribution in [0.25, 0.3) is 0 Å². The Bertz CT molecular complexity index is 118. The van der Waals surface area contributed by atoms with Crippen LogP contribution in [0.5, 0.6) is 0 Å². The van der Waals surface area contributed by atoms with E-state index in [4.69, 9.17) is 10.2 Å². The molecule has 0 amide bonds. The third-order valence-electron chi connectivity index (χ3n) is 1.36. The van der Waals surface area contributed by atoms with Crippen molar-refractivity contribution in [1.82, 2.24) is 0 Å². The Morgan fingerprint density at radius 3 is 2.33 bits per heavy atom. The monoisotopic (exact) mass is 132 g/mol. The number of rotatable bonds is 2. The number of ether oxygens (including phenoxy) is 1. The van der Waals surface area contributed by atoms with Gasteiger partial charge in [0.2, 0.25) is 0 Å². The van der Waals surface area contributed by atoms with Crippen molar-refractivity contribution < 1.29 is 19.7 Å². The Morgan fingerprint density at radius 1 is 1.67 bits per heavy atom. The zero-order valence-corrected chi connectivity index (χ0v) is 4.78. The summed E-state index contributed by atoms with van der Waals surface area (Å²) < 4.78 is 4.68. The highest BCUT2D eigenvalue weighted by Crippen LogP contribution is 2.14. The predicted molar refractivity (Wildman–Crippen MR) is 28.0 cm³/mol. The van der Waals surface area contributed by atoms with Crippen molar-refractivity contribution in [3.8, 4) is 0 Å². The highest BCUT2D eigenvalue weighted by Gasteiger charge is 2.31. The van der Waals surface area contributed by atoms with E-state index in [1.54, 1.807) is 0 Å². The zero-order chi connectivity index (χ0) is 6.85. The van der Waals surface area contributed by atoms with Crippen molar-refractivity contribution in [3.63, 3.8) is 0 Å². The lowest BCUT2D eigenvalue weighted by molar-refractivity contribution is -0.161. The van der Waals surface area contributed by atoms with E-state index in [0.29, 0.717) is 13.2 Å². The molecule has 4 heteroatoms. The molecular formula is C5H8O4. The minimum absolute atomic E-state index is 0.192. The van der Waals surface area contributed by atoms with Crippen LogP contribution in [-0.4, -0.2) is 35.5 Å². The summed E-state index contributed by atoms with van der Waals surface area (Å²) in [5.41, 5.74) is 0.